The highest BCUT2D eigenvalue weighted by molar-refractivity contribution is 7.99. The standard InChI is InChI=1S/C25H32N4O2S/c1-18(2)28(19(3)4)15-16-29-24(31)21-13-9-10-14-22(21)26-25(29)32-17-23(30)27(5)20-11-7-6-8-12-20/h6-14,18-19H,15-17H2,1-5H3. The van der Waals surface area contributed by atoms with Gasteiger partial charge in [0.05, 0.1) is 16.7 Å². The largest absolute Gasteiger partial charge is 0.315 e. The summed E-state index contributed by atoms with van der Waals surface area (Å²) in [6.45, 7) is 9.91. The number of carbonyl (C=O) groups is 1. The number of hydrogen-bond donors (Lipinski definition) is 0. The van der Waals surface area contributed by atoms with Gasteiger partial charge >= 0.3 is 0 Å². The van der Waals surface area contributed by atoms with Crippen LogP contribution in [0.4, 0.5) is 5.69 Å². The Balaban J connectivity index is 1.86. The molecule has 0 aliphatic rings. The van der Waals surface area contributed by atoms with Crippen molar-refractivity contribution >= 4 is 34.3 Å². The molecule has 7 heteroatoms. The second-order valence-corrected chi connectivity index (χ2v) is 9.31. The van der Waals surface area contributed by atoms with Crippen LogP contribution in [0.3, 0.4) is 0 Å². The van der Waals surface area contributed by atoms with Crippen LogP contribution < -0.4 is 10.5 Å². The van der Waals surface area contributed by atoms with Crippen molar-refractivity contribution in [2.75, 3.05) is 24.2 Å². The molecule has 0 atom stereocenters. The van der Waals surface area contributed by atoms with E-state index in [4.69, 9.17) is 4.98 Å². The van der Waals surface area contributed by atoms with Crippen molar-refractivity contribution in [2.45, 2.75) is 51.5 Å². The SMILES string of the molecule is CC(C)N(CCn1c(SCC(=O)N(C)c2ccccc2)nc2ccccc2c1=O)C(C)C. The van der Waals surface area contributed by atoms with Gasteiger partial charge in [-0.3, -0.25) is 19.1 Å². The first-order valence-corrected chi connectivity index (χ1v) is 12.0. The molecule has 32 heavy (non-hydrogen) atoms. The lowest BCUT2D eigenvalue weighted by atomic mass is 10.2. The summed E-state index contributed by atoms with van der Waals surface area (Å²) < 4.78 is 1.72. The Hall–Kier alpha value is -2.64. The monoisotopic (exact) mass is 452 g/mol. The van der Waals surface area contributed by atoms with E-state index in [1.165, 1.54) is 11.8 Å². The molecule has 0 saturated carbocycles. The fourth-order valence-corrected chi connectivity index (χ4v) is 4.74. The Morgan fingerprint density at radius 1 is 1.00 bits per heavy atom. The molecule has 0 fully saturated rings. The number of carbonyl (C=O) groups excluding carboxylic acids is 1. The summed E-state index contributed by atoms with van der Waals surface area (Å²) in [7, 11) is 1.77. The molecule has 0 aliphatic carbocycles. The van der Waals surface area contributed by atoms with Gasteiger partial charge in [-0.2, -0.15) is 0 Å². The minimum Gasteiger partial charge on any atom is -0.315 e. The quantitative estimate of drug-likeness (QED) is 0.358. The molecule has 0 spiro atoms. The number of benzene rings is 2. The Kier molecular flexibility index (Phi) is 8.10. The van der Waals surface area contributed by atoms with E-state index in [9.17, 15) is 9.59 Å². The first-order chi connectivity index (χ1) is 15.3. The smallest absolute Gasteiger partial charge is 0.262 e. The Morgan fingerprint density at radius 3 is 2.28 bits per heavy atom. The van der Waals surface area contributed by atoms with Crippen LogP contribution in [0.1, 0.15) is 27.7 Å². The zero-order valence-electron chi connectivity index (χ0n) is 19.5. The lowest BCUT2D eigenvalue weighted by molar-refractivity contribution is -0.115. The summed E-state index contributed by atoms with van der Waals surface area (Å²) in [5, 5.41) is 1.18. The summed E-state index contributed by atoms with van der Waals surface area (Å²) in [5.41, 5.74) is 1.44. The van der Waals surface area contributed by atoms with Crippen molar-refractivity contribution in [3.05, 3.63) is 65.0 Å². The fourth-order valence-electron chi connectivity index (χ4n) is 3.80. The number of nitrogens with zero attached hydrogens (tertiary/aromatic N) is 4. The summed E-state index contributed by atoms with van der Waals surface area (Å²) in [5.74, 6) is 0.162. The molecule has 6 nitrogen and oxygen atoms in total. The molecule has 0 N–H and O–H groups in total. The van der Waals surface area contributed by atoms with Crippen LogP contribution in [0.2, 0.25) is 0 Å². The second kappa shape index (κ2) is 10.8. The molecule has 3 aromatic rings. The fraction of sp³-hybridized carbons (Fsp3) is 0.400. The van der Waals surface area contributed by atoms with Gasteiger partial charge < -0.3 is 4.90 Å². The van der Waals surface area contributed by atoms with E-state index in [2.05, 4.69) is 32.6 Å². The molecule has 0 aliphatic heterocycles. The number of thioether (sulfide) groups is 1. The number of fused-ring (bicyclic) bond motifs is 1. The van der Waals surface area contributed by atoms with Crippen molar-refractivity contribution in [3.63, 3.8) is 0 Å². The molecule has 0 unspecified atom stereocenters. The summed E-state index contributed by atoms with van der Waals surface area (Å²) in [6, 6.07) is 17.7. The highest BCUT2D eigenvalue weighted by Crippen LogP contribution is 2.20. The van der Waals surface area contributed by atoms with Gasteiger partial charge in [-0.25, -0.2) is 4.98 Å². The van der Waals surface area contributed by atoms with E-state index in [1.807, 2.05) is 54.6 Å². The molecule has 1 heterocycles. The minimum absolute atomic E-state index is 0.0406. The highest BCUT2D eigenvalue weighted by atomic mass is 32.2. The van der Waals surface area contributed by atoms with Crippen molar-refractivity contribution in [3.8, 4) is 0 Å². The van der Waals surface area contributed by atoms with E-state index in [0.717, 1.165) is 12.2 Å². The third-order valence-electron chi connectivity index (χ3n) is 5.58. The van der Waals surface area contributed by atoms with Crippen LogP contribution in [0, 0.1) is 0 Å². The minimum atomic E-state index is -0.0607. The molecule has 1 amide bonds. The molecular weight excluding hydrogens is 420 g/mol. The van der Waals surface area contributed by atoms with E-state index in [0.29, 0.717) is 34.7 Å². The lowest BCUT2D eigenvalue weighted by Crippen LogP contribution is -2.40. The second-order valence-electron chi connectivity index (χ2n) is 8.37. The topological polar surface area (TPSA) is 58.4 Å². The third kappa shape index (κ3) is 5.58. The van der Waals surface area contributed by atoms with Crippen LogP contribution in [-0.2, 0) is 11.3 Å². The van der Waals surface area contributed by atoms with Gasteiger partial charge in [0.15, 0.2) is 5.16 Å². The Morgan fingerprint density at radius 2 is 1.62 bits per heavy atom. The molecule has 3 rings (SSSR count). The zero-order chi connectivity index (χ0) is 23.3. The van der Waals surface area contributed by atoms with E-state index >= 15 is 0 Å². The maximum Gasteiger partial charge on any atom is 0.262 e. The van der Waals surface area contributed by atoms with Gasteiger partial charge in [0.2, 0.25) is 5.91 Å². The molecule has 0 bridgehead atoms. The first kappa shape index (κ1) is 24.0. The summed E-state index contributed by atoms with van der Waals surface area (Å²) >= 11 is 1.32. The van der Waals surface area contributed by atoms with Gasteiger partial charge in [0.1, 0.15) is 0 Å². The van der Waals surface area contributed by atoms with E-state index < -0.39 is 0 Å². The van der Waals surface area contributed by atoms with Crippen LogP contribution in [0.5, 0.6) is 0 Å². The van der Waals surface area contributed by atoms with Crippen molar-refractivity contribution in [1.82, 2.24) is 14.5 Å². The maximum atomic E-state index is 13.3. The van der Waals surface area contributed by atoms with Gasteiger partial charge in [0.25, 0.3) is 5.56 Å². The Labute approximate surface area is 194 Å². The zero-order valence-corrected chi connectivity index (χ0v) is 20.3. The first-order valence-electron chi connectivity index (χ1n) is 11.0. The van der Waals surface area contributed by atoms with Crippen LogP contribution in [-0.4, -0.2) is 51.8 Å². The van der Waals surface area contributed by atoms with E-state index in [-0.39, 0.29) is 17.2 Å². The number of para-hydroxylation sites is 2. The maximum absolute atomic E-state index is 13.3. The van der Waals surface area contributed by atoms with Gasteiger partial charge in [-0.05, 0) is 52.0 Å². The number of amides is 1. The van der Waals surface area contributed by atoms with Gasteiger partial charge in [-0.15, -0.1) is 0 Å². The average Bonchev–Trinajstić information content (AvgIpc) is 2.78. The number of hydrogen-bond acceptors (Lipinski definition) is 5. The van der Waals surface area contributed by atoms with Crippen LogP contribution in [0.25, 0.3) is 10.9 Å². The summed E-state index contributed by atoms with van der Waals surface area (Å²) in [4.78, 5) is 34.8. The normalized spacial score (nSPS) is 11.6. The molecule has 1 aromatic heterocycles. The van der Waals surface area contributed by atoms with Gasteiger partial charge in [0, 0.05) is 37.9 Å². The third-order valence-corrected chi connectivity index (χ3v) is 6.54. The lowest BCUT2D eigenvalue weighted by Gasteiger charge is -2.30. The predicted octanol–water partition coefficient (Wildman–Crippen LogP) is 4.27. The van der Waals surface area contributed by atoms with Crippen LogP contribution >= 0.6 is 11.8 Å². The number of rotatable bonds is 9. The predicted molar refractivity (Wildman–Crippen MR) is 134 cm³/mol. The Bertz CT molecular complexity index is 1100. The number of anilines is 1. The molecule has 170 valence electrons. The van der Waals surface area contributed by atoms with Crippen molar-refractivity contribution in [2.24, 2.45) is 0 Å². The summed E-state index contributed by atoms with van der Waals surface area (Å²) in [6.07, 6.45) is 0. The average molecular weight is 453 g/mol. The number of aromatic nitrogens is 2. The molecule has 0 saturated heterocycles. The van der Waals surface area contributed by atoms with Gasteiger partial charge in [-0.1, -0.05) is 42.1 Å². The molecular formula is C25H32N4O2S. The van der Waals surface area contributed by atoms with E-state index in [1.54, 1.807) is 16.5 Å². The van der Waals surface area contributed by atoms with Crippen molar-refractivity contribution in [1.29, 1.82) is 0 Å². The van der Waals surface area contributed by atoms with Crippen LogP contribution in [0.15, 0.2) is 64.5 Å². The van der Waals surface area contributed by atoms with Crippen molar-refractivity contribution < 1.29 is 4.79 Å². The molecule has 0 radical (unpaired) electrons. The highest BCUT2D eigenvalue weighted by Gasteiger charge is 2.18. The molecule has 2 aromatic carbocycles.